The second-order valence-electron chi connectivity index (χ2n) is 8.74. The molecule has 9 heteroatoms. The van der Waals surface area contributed by atoms with Crippen molar-refractivity contribution in [3.05, 3.63) is 77.4 Å². The zero-order valence-corrected chi connectivity index (χ0v) is 21.9. The van der Waals surface area contributed by atoms with Gasteiger partial charge in [-0.15, -0.1) is 0 Å². The van der Waals surface area contributed by atoms with E-state index in [1.807, 2.05) is 20.8 Å². The van der Waals surface area contributed by atoms with Gasteiger partial charge in [0.2, 0.25) is 6.79 Å². The van der Waals surface area contributed by atoms with Crippen LogP contribution in [0.1, 0.15) is 37.9 Å². The smallest absolute Gasteiger partial charge is 0.300 e. The van der Waals surface area contributed by atoms with Crippen molar-refractivity contribution in [3.63, 3.8) is 0 Å². The fraction of sp³-hybridized carbons (Fsp3) is 0.267. The number of aliphatic hydroxyl groups is 1. The molecule has 0 bridgehead atoms. The van der Waals surface area contributed by atoms with Gasteiger partial charge in [-0.1, -0.05) is 12.1 Å². The molecule has 202 valence electrons. The molecule has 9 nitrogen and oxygen atoms in total. The number of fused-ring (bicyclic) bond motifs is 1. The average molecular weight is 532 g/mol. The van der Waals surface area contributed by atoms with E-state index in [9.17, 15) is 14.7 Å². The van der Waals surface area contributed by atoms with Crippen molar-refractivity contribution in [1.82, 2.24) is 0 Å². The van der Waals surface area contributed by atoms with Gasteiger partial charge in [-0.2, -0.15) is 0 Å². The Kier molecular flexibility index (Phi) is 7.31. The van der Waals surface area contributed by atoms with Crippen LogP contribution in [-0.2, 0) is 9.59 Å². The number of aliphatic hydroxyl groups excluding tert-OH is 1. The maximum absolute atomic E-state index is 13.6. The van der Waals surface area contributed by atoms with Crippen molar-refractivity contribution in [2.75, 3.05) is 31.5 Å². The maximum atomic E-state index is 13.6. The summed E-state index contributed by atoms with van der Waals surface area (Å²) in [5.74, 6) is 0.496. The number of anilines is 1. The molecule has 1 unspecified atom stereocenters. The zero-order valence-electron chi connectivity index (χ0n) is 21.9. The van der Waals surface area contributed by atoms with Crippen molar-refractivity contribution in [2.24, 2.45) is 0 Å². The van der Waals surface area contributed by atoms with Crippen LogP contribution in [0.5, 0.6) is 28.7 Å². The number of ether oxygens (including phenoxy) is 5. The van der Waals surface area contributed by atoms with Crippen LogP contribution in [0.4, 0.5) is 5.69 Å². The highest BCUT2D eigenvalue weighted by molar-refractivity contribution is 6.51. The van der Waals surface area contributed by atoms with Crippen LogP contribution >= 0.6 is 0 Å². The highest BCUT2D eigenvalue weighted by Crippen LogP contribution is 2.46. The van der Waals surface area contributed by atoms with Crippen molar-refractivity contribution < 1.29 is 38.4 Å². The summed E-state index contributed by atoms with van der Waals surface area (Å²) < 4.78 is 28.0. The molecule has 1 atom stereocenters. The van der Waals surface area contributed by atoms with Gasteiger partial charge in [-0.3, -0.25) is 14.5 Å². The van der Waals surface area contributed by atoms with Gasteiger partial charge in [0, 0.05) is 17.8 Å². The van der Waals surface area contributed by atoms with Gasteiger partial charge in [0.15, 0.2) is 11.5 Å². The average Bonchev–Trinajstić information content (AvgIpc) is 3.51. The molecule has 0 saturated carbocycles. The Morgan fingerprint density at radius 3 is 2.33 bits per heavy atom. The van der Waals surface area contributed by atoms with E-state index in [-0.39, 0.29) is 23.7 Å². The number of carbonyl (C=O) groups excluding carboxylic acids is 2. The van der Waals surface area contributed by atoms with Gasteiger partial charge in [0.25, 0.3) is 11.7 Å². The third-order valence-corrected chi connectivity index (χ3v) is 6.38. The maximum Gasteiger partial charge on any atom is 0.300 e. The topological polar surface area (TPSA) is 104 Å². The van der Waals surface area contributed by atoms with Crippen LogP contribution in [0.2, 0.25) is 0 Å². The van der Waals surface area contributed by atoms with E-state index in [1.165, 1.54) is 4.90 Å². The number of Topliss-reactive ketones (excluding diaryl/α,β-unsaturated/α-hetero) is 1. The first-order valence-corrected chi connectivity index (χ1v) is 12.8. The van der Waals surface area contributed by atoms with E-state index < -0.39 is 17.7 Å². The SMILES string of the molecule is CCOc1cccc(C2/C(=C(\O)c3ccc(OCC)cc3OCC)C(=O)C(=O)N2c2ccc3c(c2)OCO3)c1. The van der Waals surface area contributed by atoms with Crippen LogP contribution in [0.3, 0.4) is 0 Å². The summed E-state index contributed by atoms with van der Waals surface area (Å²) in [6, 6.07) is 16.1. The van der Waals surface area contributed by atoms with Crippen LogP contribution < -0.4 is 28.6 Å². The Balaban J connectivity index is 1.70. The Morgan fingerprint density at radius 1 is 0.872 bits per heavy atom. The Bertz CT molecular complexity index is 1450. The molecule has 0 spiro atoms. The Morgan fingerprint density at radius 2 is 1.59 bits per heavy atom. The molecule has 1 amide bonds. The summed E-state index contributed by atoms with van der Waals surface area (Å²) in [7, 11) is 0. The second kappa shape index (κ2) is 11.0. The molecular formula is C30H29NO8. The number of carbonyl (C=O) groups is 2. The molecule has 0 aliphatic carbocycles. The predicted octanol–water partition coefficient (Wildman–Crippen LogP) is 5.24. The third-order valence-electron chi connectivity index (χ3n) is 6.38. The van der Waals surface area contributed by atoms with Gasteiger partial charge in [0.05, 0.1) is 37.0 Å². The molecule has 1 fully saturated rings. The monoisotopic (exact) mass is 531 g/mol. The summed E-state index contributed by atoms with van der Waals surface area (Å²) in [5, 5.41) is 11.6. The van der Waals surface area contributed by atoms with Gasteiger partial charge in [-0.25, -0.2) is 0 Å². The minimum Gasteiger partial charge on any atom is -0.507 e. The van der Waals surface area contributed by atoms with Gasteiger partial charge in [-0.05, 0) is 62.7 Å². The molecule has 39 heavy (non-hydrogen) atoms. The fourth-order valence-electron chi connectivity index (χ4n) is 4.77. The molecule has 0 aromatic heterocycles. The molecule has 2 heterocycles. The van der Waals surface area contributed by atoms with Gasteiger partial charge in [0.1, 0.15) is 23.0 Å². The molecule has 3 aromatic carbocycles. The lowest BCUT2D eigenvalue weighted by Gasteiger charge is -2.26. The van der Waals surface area contributed by atoms with E-state index in [1.54, 1.807) is 60.7 Å². The third kappa shape index (κ3) is 4.83. The largest absolute Gasteiger partial charge is 0.507 e. The lowest BCUT2D eigenvalue weighted by atomic mass is 9.94. The lowest BCUT2D eigenvalue weighted by molar-refractivity contribution is -0.132. The molecule has 0 radical (unpaired) electrons. The molecule has 1 saturated heterocycles. The highest BCUT2D eigenvalue weighted by atomic mass is 16.7. The van der Waals surface area contributed by atoms with Crippen molar-refractivity contribution in [1.29, 1.82) is 0 Å². The van der Waals surface area contributed by atoms with Crippen molar-refractivity contribution >= 4 is 23.1 Å². The molecule has 5 rings (SSSR count). The number of benzene rings is 3. The van der Waals surface area contributed by atoms with E-state index in [4.69, 9.17) is 23.7 Å². The summed E-state index contributed by atoms with van der Waals surface area (Å²) in [6.07, 6.45) is 0. The first-order chi connectivity index (χ1) is 19.0. The van der Waals surface area contributed by atoms with Gasteiger partial charge < -0.3 is 28.8 Å². The summed E-state index contributed by atoms with van der Waals surface area (Å²) in [4.78, 5) is 28.5. The van der Waals surface area contributed by atoms with Crippen LogP contribution in [0.25, 0.3) is 5.76 Å². The van der Waals surface area contributed by atoms with Gasteiger partial charge >= 0.3 is 0 Å². The fourth-order valence-corrected chi connectivity index (χ4v) is 4.77. The Labute approximate surface area is 226 Å². The summed E-state index contributed by atoms with van der Waals surface area (Å²) >= 11 is 0. The standard InChI is InChI=1S/C30H29NO8/c1-4-35-20-9-7-8-18(14-20)27-26(28(32)22-12-11-21(36-5-2)16-24(22)37-6-3)29(33)30(34)31(27)19-10-13-23-25(15-19)39-17-38-23/h7-16,27,32H,4-6,17H2,1-3H3/b28-26+. The van der Waals surface area contributed by atoms with Crippen LogP contribution in [-0.4, -0.2) is 43.4 Å². The molecular weight excluding hydrogens is 502 g/mol. The van der Waals surface area contributed by atoms with Crippen LogP contribution in [0.15, 0.2) is 66.2 Å². The molecule has 2 aliphatic rings. The van der Waals surface area contributed by atoms with Crippen molar-refractivity contribution in [3.8, 4) is 28.7 Å². The predicted molar refractivity (Wildman–Crippen MR) is 144 cm³/mol. The number of nitrogens with zero attached hydrogens (tertiary/aromatic N) is 1. The first kappa shape index (κ1) is 26.0. The van der Waals surface area contributed by atoms with E-state index in [0.717, 1.165) is 0 Å². The van der Waals surface area contributed by atoms with E-state index in [0.29, 0.717) is 59.8 Å². The Hall–Kier alpha value is -4.66. The zero-order chi connectivity index (χ0) is 27.5. The summed E-state index contributed by atoms with van der Waals surface area (Å²) in [6.45, 7) is 6.82. The van der Waals surface area contributed by atoms with Crippen LogP contribution in [0, 0.1) is 0 Å². The molecule has 2 aliphatic heterocycles. The van der Waals surface area contributed by atoms with Crippen molar-refractivity contribution in [2.45, 2.75) is 26.8 Å². The minimum absolute atomic E-state index is 0.0649. The minimum atomic E-state index is -0.952. The normalized spacial score (nSPS) is 17.4. The summed E-state index contributed by atoms with van der Waals surface area (Å²) in [5.41, 5.74) is 1.21. The number of rotatable bonds is 9. The number of hydrogen-bond acceptors (Lipinski definition) is 8. The van der Waals surface area contributed by atoms with E-state index in [2.05, 4.69) is 0 Å². The second-order valence-corrected chi connectivity index (χ2v) is 8.74. The number of hydrogen-bond donors (Lipinski definition) is 1. The molecule has 3 aromatic rings. The highest BCUT2D eigenvalue weighted by Gasteiger charge is 2.47. The quantitative estimate of drug-likeness (QED) is 0.227. The van der Waals surface area contributed by atoms with E-state index >= 15 is 0 Å². The molecule has 1 N–H and O–H groups in total. The number of amides is 1. The first-order valence-electron chi connectivity index (χ1n) is 12.8. The number of ketones is 1. The lowest BCUT2D eigenvalue weighted by Crippen LogP contribution is -2.29.